The van der Waals surface area contributed by atoms with E-state index in [4.69, 9.17) is 9.47 Å². The molecule has 0 unspecified atom stereocenters. The van der Waals surface area contributed by atoms with Crippen molar-refractivity contribution in [3.63, 3.8) is 0 Å². The van der Waals surface area contributed by atoms with E-state index in [0.717, 1.165) is 24.1 Å². The van der Waals surface area contributed by atoms with Gasteiger partial charge in [-0.25, -0.2) is 23.6 Å². The third kappa shape index (κ3) is 7.84. The first kappa shape index (κ1) is 35.0. The molecular weight excluding hydrogens is 661 g/mol. The molecule has 268 valence electrons. The second-order valence-electron chi connectivity index (χ2n) is 12.9. The van der Waals surface area contributed by atoms with Gasteiger partial charge in [0.2, 0.25) is 11.8 Å². The standard InChI is InChI=1S/C35H40FN9O6/c1-20(2)31(40-34(48)50-4)33(47)44-13-5-6-30(44)32-38-16-29(39-32)23-9-7-22(8-10-23)27-12-11-25(14-28(27)36)45-19-26(51-35(45)49)18-43-17-24(41-42-43)15-37-21(3)46/h7-12,14,16-17,20,26,30-31H,5-6,13,15,18-19H2,1-4H3,(H,37,46)(H,38,39)(H,40,48)/t26-,30-,31-/m0/s1. The van der Waals surface area contributed by atoms with Crippen molar-refractivity contribution in [3.05, 3.63) is 72.2 Å². The summed E-state index contributed by atoms with van der Waals surface area (Å²) in [6.45, 7) is 6.40. The number of aromatic nitrogens is 5. The zero-order chi connectivity index (χ0) is 36.2. The molecule has 0 radical (unpaired) electrons. The second-order valence-corrected chi connectivity index (χ2v) is 12.9. The summed E-state index contributed by atoms with van der Waals surface area (Å²) in [4.78, 5) is 60.3. The zero-order valence-corrected chi connectivity index (χ0v) is 28.8. The number of hydrogen-bond acceptors (Lipinski definition) is 9. The van der Waals surface area contributed by atoms with Gasteiger partial charge in [0.15, 0.2) is 0 Å². The Morgan fingerprint density at radius 1 is 1.14 bits per heavy atom. The van der Waals surface area contributed by atoms with Crippen LogP contribution in [0.4, 0.5) is 19.7 Å². The maximum absolute atomic E-state index is 15.5. The van der Waals surface area contributed by atoms with Crippen LogP contribution in [-0.4, -0.2) is 86.2 Å². The molecule has 2 aliphatic rings. The quantitative estimate of drug-likeness (QED) is 0.207. The molecule has 2 aromatic heterocycles. The lowest BCUT2D eigenvalue weighted by atomic mass is 10.0. The number of carbonyl (C=O) groups is 4. The Bertz CT molecular complexity index is 1910. The molecule has 4 amide bonds. The minimum absolute atomic E-state index is 0.136. The van der Waals surface area contributed by atoms with Crippen LogP contribution in [0.2, 0.25) is 0 Å². The maximum Gasteiger partial charge on any atom is 0.414 e. The van der Waals surface area contributed by atoms with Crippen LogP contribution in [0.1, 0.15) is 51.2 Å². The number of nitrogens with zero attached hydrogens (tertiary/aromatic N) is 6. The van der Waals surface area contributed by atoms with Crippen LogP contribution < -0.4 is 15.5 Å². The molecular formula is C35H40FN9O6. The zero-order valence-electron chi connectivity index (χ0n) is 28.8. The first-order valence-electron chi connectivity index (χ1n) is 16.7. The highest BCUT2D eigenvalue weighted by Crippen LogP contribution is 2.34. The van der Waals surface area contributed by atoms with Gasteiger partial charge in [0.25, 0.3) is 0 Å². The Morgan fingerprint density at radius 2 is 1.90 bits per heavy atom. The highest BCUT2D eigenvalue weighted by Gasteiger charge is 2.38. The average molecular weight is 702 g/mol. The molecule has 2 aliphatic heterocycles. The number of ether oxygens (including phenoxy) is 2. The number of methoxy groups -OCH3 is 1. The number of imidazole rings is 1. The summed E-state index contributed by atoms with van der Waals surface area (Å²) in [5.74, 6) is -0.343. The van der Waals surface area contributed by atoms with Crippen LogP contribution in [0.15, 0.2) is 54.9 Å². The van der Waals surface area contributed by atoms with E-state index >= 15 is 4.39 Å². The van der Waals surface area contributed by atoms with E-state index in [0.29, 0.717) is 34.9 Å². The summed E-state index contributed by atoms with van der Waals surface area (Å²) in [5.41, 5.74) is 3.54. The van der Waals surface area contributed by atoms with Crippen molar-refractivity contribution in [2.75, 3.05) is 25.1 Å². The summed E-state index contributed by atoms with van der Waals surface area (Å²) >= 11 is 0. The Labute approximate surface area is 293 Å². The first-order valence-corrected chi connectivity index (χ1v) is 16.7. The Hall–Kier alpha value is -5.80. The van der Waals surface area contributed by atoms with Crippen LogP contribution in [0, 0.1) is 11.7 Å². The van der Waals surface area contributed by atoms with Crippen molar-refractivity contribution in [2.45, 2.75) is 64.9 Å². The largest absolute Gasteiger partial charge is 0.453 e. The second kappa shape index (κ2) is 15.0. The monoisotopic (exact) mass is 701 g/mol. The fraction of sp³-hybridized carbons (Fsp3) is 0.400. The van der Waals surface area contributed by atoms with Crippen molar-refractivity contribution in [2.24, 2.45) is 5.92 Å². The molecule has 2 saturated heterocycles. The van der Waals surface area contributed by atoms with Gasteiger partial charge in [-0.1, -0.05) is 43.3 Å². The lowest BCUT2D eigenvalue weighted by Gasteiger charge is -2.30. The molecule has 3 N–H and O–H groups in total. The van der Waals surface area contributed by atoms with E-state index in [1.54, 1.807) is 29.4 Å². The number of amides is 4. The third-order valence-electron chi connectivity index (χ3n) is 8.98. The van der Waals surface area contributed by atoms with E-state index in [1.807, 2.05) is 38.1 Å². The number of benzene rings is 2. The van der Waals surface area contributed by atoms with Gasteiger partial charge in [0.05, 0.1) is 56.6 Å². The molecule has 2 fully saturated rings. The van der Waals surface area contributed by atoms with Gasteiger partial charge in [-0.15, -0.1) is 5.10 Å². The van der Waals surface area contributed by atoms with Gasteiger partial charge in [-0.2, -0.15) is 0 Å². The first-order chi connectivity index (χ1) is 24.5. The molecule has 6 rings (SSSR count). The predicted molar refractivity (Wildman–Crippen MR) is 182 cm³/mol. The highest BCUT2D eigenvalue weighted by atomic mass is 19.1. The Morgan fingerprint density at radius 3 is 2.61 bits per heavy atom. The molecule has 0 bridgehead atoms. The van der Waals surface area contributed by atoms with Crippen LogP contribution in [0.25, 0.3) is 22.4 Å². The lowest BCUT2D eigenvalue weighted by molar-refractivity contribution is -0.135. The number of alkyl carbamates (subject to hydrolysis) is 1. The molecule has 3 atom stereocenters. The summed E-state index contributed by atoms with van der Waals surface area (Å²) in [6.07, 6.45) is 3.15. The SMILES string of the molecule is COC(=O)N[C@H](C(=O)N1CCC[C@H]1c1ncc(-c2ccc(-c3ccc(N4C[C@H](Cn5cc(CNC(C)=O)nn5)OC4=O)cc3F)cc2)[nH]1)C(C)C. The molecule has 2 aromatic carbocycles. The third-order valence-corrected chi connectivity index (χ3v) is 8.98. The van der Waals surface area contributed by atoms with E-state index < -0.39 is 30.1 Å². The minimum atomic E-state index is -0.724. The molecule has 51 heavy (non-hydrogen) atoms. The predicted octanol–water partition coefficient (Wildman–Crippen LogP) is 4.18. The normalized spacial score (nSPS) is 17.8. The lowest BCUT2D eigenvalue weighted by Crippen LogP contribution is -2.51. The number of aromatic amines is 1. The fourth-order valence-corrected chi connectivity index (χ4v) is 6.34. The van der Waals surface area contributed by atoms with Crippen molar-refractivity contribution >= 4 is 29.7 Å². The number of carbonyl (C=O) groups excluding carboxylic acids is 4. The van der Waals surface area contributed by atoms with Gasteiger partial charge >= 0.3 is 12.2 Å². The van der Waals surface area contributed by atoms with Crippen molar-refractivity contribution in [1.29, 1.82) is 0 Å². The number of likely N-dealkylation sites (tertiary alicyclic amines) is 1. The van der Waals surface area contributed by atoms with E-state index in [1.165, 1.54) is 29.7 Å². The van der Waals surface area contributed by atoms with E-state index in [-0.39, 0.29) is 43.4 Å². The molecule has 15 nitrogen and oxygen atoms in total. The average Bonchev–Trinajstić information content (AvgIpc) is 3.93. The fourth-order valence-electron chi connectivity index (χ4n) is 6.34. The Kier molecular flexibility index (Phi) is 10.3. The minimum Gasteiger partial charge on any atom is -0.453 e. The van der Waals surface area contributed by atoms with Gasteiger partial charge in [0, 0.05) is 19.0 Å². The van der Waals surface area contributed by atoms with Crippen molar-refractivity contribution in [3.8, 4) is 22.4 Å². The molecule has 4 aromatic rings. The topological polar surface area (TPSA) is 177 Å². The van der Waals surface area contributed by atoms with Crippen LogP contribution in [0.3, 0.4) is 0 Å². The maximum atomic E-state index is 15.5. The molecule has 4 heterocycles. The molecule has 0 aliphatic carbocycles. The van der Waals surface area contributed by atoms with Crippen LogP contribution >= 0.6 is 0 Å². The van der Waals surface area contributed by atoms with Gasteiger partial charge in [0.1, 0.15) is 29.5 Å². The van der Waals surface area contributed by atoms with Crippen LogP contribution in [0.5, 0.6) is 0 Å². The molecule has 0 saturated carbocycles. The van der Waals surface area contributed by atoms with E-state index in [2.05, 4.69) is 30.9 Å². The van der Waals surface area contributed by atoms with Gasteiger partial charge in [-0.3, -0.25) is 14.5 Å². The number of rotatable bonds is 11. The number of halogens is 1. The smallest absolute Gasteiger partial charge is 0.414 e. The highest BCUT2D eigenvalue weighted by molar-refractivity contribution is 5.90. The van der Waals surface area contributed by atoms with E-state index in [9.17, 15) is 19.2 Å². The number of nitrogens with one attached hydrogen (secondary N) is 3. The van der Waals surface area contributed by atoms with Crippen LogP contribution in [-0.2, 0) is 32.2 Å². The Balaban J connectivity index is 1.09. The summed E-state index contributed by atoms with van der Waals surface area (Å²) in [6, 6.07) is 11.0. The summed E-state index contributed by atoms with van der Waals surface area (Å²) < 4.78 is 27.2. The van der Waals surface area contributed by atoms with Gasteiger partial charge in [-0.05, 0) is 48.1 Å². The van der Waals surface area contributed by atoms with Gasteiger partial charge < -0.3 is 30.0 Å². The number of cyclic esters (lactones) is 1. The summed E-state index contributed by atoms with van der Waals surface area (Å²) in [7, 11) is 1.26. The molecule has 0 spiro atoms. The van der Waals surface area contributed by atoms with Crippen molar-refractivity contribution in [1.82, 2.24) is 40.5 Å². The van der Waals surface area contributed by atoms with Crippen molar-refractivity contribution < 1.29 is 33.0 Å². The number of H-pyrrole nitrogens is 1. The molecule has 16 heteroatoms. The number of anilines is 1. The summed E-state index contributed by atoms with van der Waals surface area (Å²) in [5, 5.41) is 13.3. The number of hydrogen-bond donors (Lipinski definition) is 3.